The lowest BCUT2D eigenvalue weighted by molar-refractivity contribution is -0.281. The van der Waals surface area contributed by atoms with Crippen molar-refractivity contribution in [3.8, 4) is 17.2 Å². The number of ether oxygens (including phenoxy) is 5. The molecule has 2 saturated heterocycles. The molecule has 0 aromatic heterocycles. The molecule has 0 saturated carbocycles. The zero-order valence-corrected chi connectivity index (χ0v) is 25.0. The summed E-state index contributed by atoms with van der Waals surface area (Å²) in [5.41, 5.74) is 2.98. The molecule has 2 aliphatic heterocycles. The van der Waals surface area contributed by atoms with Gasteiger partial charge in [-0.3, -0.25) is 14.4 Å². The number of ketones is 3. The summed E-state index contributed by atoms with van der Waals surface area (Å²) in [7, 11) is 1.34. The number of methoxy groups -OCH3 is 1. The largest absolute Gasteiger partial charge is 0.507 e. The molecule has 242 valence electrons. The van der Waals surface area contributed by atoms with Crippen molar-refractivity contribution in [3.63, 3.8) is 0 Å². The highest BCUT2D eigenvalue weighted by Crippen LogP contribution is 2.52. The number of fused-ring (bicyclic) bond motifs is 3. The highest BCUT2D eigenvalue weighted by molar-refractivity contribution is 6.31. The number of Topliss-reactive ketones (excluding diaryl/α,β-unsaturated/α-hetero) is 1. The zero-order chi connectivity index (χ0) is 32.2. The summed E-state index contributed by atoms with van der Waals surface area (Å²) in [4.78, 5) is 40.2. The zero-order valence-electron chi connectivity index (χ0n) is 25.0. The van der Waals surface area contributed by atoms with Crippen molar-refractivity contribution in [2.75, 3.05) is 20.3 Å². The van der Waals surface area contributed by atoms with E-state index in [2.05, 4.69) is 0 Å². The highest BCUT2D eigenvalue weighted by atomic mass is 16.7. The molecule has 6 N–H and O–H groups in total. The predicted octanol–water partition coefficient (Wildman–Crippen LogP) is 1.55. The van der Waals surface area contributed by atoms with Crippen LogP contribution in [-0.2, 0) is 30.2 Å². The number of aromatic hydroxyl groups is 2. The third-order valence-electron chi connectivity index (χ3n) is 9.22. The lowest BCUT2D eigenvalue weighted by atomic mass is 9.72. The Labute approximate surface area is 258 Å². The van der Waals surface area contributed by atoms with E-state index in [1.165, 1.54) is 25.3 Å². The number of phenolic OH excluding ortho intramolecular Hbond substituents is 2. The first-order chi connectivity index (χ1) is 21.5. The molecule has 6 rings (SSSR count). The lowest BCUT2D eigenvalue weighted by Crippen LogP contribution is -2.55. The van der Waals surface area contributed by atoms with Crippen LogP contribution in [0.5, 0.6) is 17.2 Å². The Morgan fingerprint density at radius 3 is 2.49 bits per heavy atom. The quantitative estimate of drug-likeness (QED) is 0.236. The van der Waals surface area contributed by atoms with E-state index in [0.29, 0.717) is 6.61 Å². The lowest BCUT2D eigenvalue weighted by Gasteiger charge is -2.43. The summed E-state index contributed by atoms with van der Waals surface area (Å²) >= 11 is 0. The summed E-state index contributed by atoms with van der Waals surface area (Å²) in [6.45, 7) is 1.35. The van der Waals surface area contributed by atoms with Gasteiger partial charge < -0.3 is 49.8 Å². The normalized spacial score (nSPS) is 31.1. The molecule has 0 bridgehead atoms. The molecule has 13 nitrogen and oxygen atoms in total. The number of carbonyl (C=O) groups is 3. The number of hydrogen-bond donors (Lipinski definition) is 5. The molecule has 2 fully saturated rings. The maximum Gasteiger partial charge on any atom is 0.202 e. The van der Waals surface area contributed by atoms with Crippen molar-refractivity contribution in [1.29, 1.82) is 0 Å². The first-order valence-corrected chi connectivity index (χ1v) is 15.1. The van der Waals surface area contributed by atoms with Crippen LogP contribution in [0.4, 0.5) is 0 Å². The molecule has 4 aliphatic rings. The number of carbonyl (C=O) groups excluding carboxylic acids is 3. The Hall–Kier alpha value is -3.43. The monoisotopic (exact) mass is 627 g/mol. The number of phenols is 2. The molecule has 0 radical (unpaired) electrons. The van der Waals surface area contributed by atoms with Gasteiger partial charge in [-0.1, -0.05) is 12.1 Å². The van der Waals surface area contributed by atoms with Crippen molar-refractivity contribution in [3.05, 3.63) is 51.6 Å². The standard InChI is InChI=1S/C32H37NO12/c1-14-31(45-21-8-3-4-9-42-21)17(33)10-22(43-14)44-19-12-32(40,20(35)13-34)11-16-24(19)30(39)26-25(28(16)37)27(36)15-6-5-7-18(41-2)23(15)29(26)38/h5-7,14,17,19,21-22,31,34,37,39-40H,3-4,8-13,33H2,1-2H3/t14?,17?,19?,21?,22?,31?,32-/m0/s1. The van der Waals surface area contributed by atoms with E-state index in [4.69, 9.17) is 29.4 Å². The molecule has 2 aromatic rings. The van der Waals surface area contributed by atoms with E-state index in [-0.39, 0.29) is 34.4 Å². The van der Waals surface area contributed by atoms with Gasteiger partial charge in [0.2, 0.25) is 5.78 Å². The number of aliphatic hydroxyl groups is 2. The summed E-state index contributed by atoms with van der Waals surface area (Å²) in [5, 5.41) is 44.2. The summed E-state index contributed by atoms with van der Waals surface area (Å²) < 4.78 is 29.5. The van der Waals surface area contributed by atoms with E-state index < -0.39 is 102 Å². The minimum Gasteiger partial charge on any atom is -0.507 e. The second-order valence-corrected chi connectivity index (χ2v) is 12.1. The fourth-order valence-corrected chi connectivity index (χ4v) is 6.95. The summed E-state index contributed by atoms with van der Waals surface area (Å²) in [6.07, 6.45) is -2.03. The molecule has 2 aliphatic carbocycles. The average molecular weight is 628 g/mol. The molecule has 2 aromatic carbocycles. The van der Waals surface area contributed by atoms with Gasteiger partial charge in [-0.2, -0.15) is 0 Å². The van der Waals surface area contributed by atoms with Crippen LogP contribution in [0.1, 0.15) is 88.1 Å². The van der Waals surface area contributed by atoms with E-state index in [9.17, 15) is 34.8 Å². The van der Waals surface area contributed by atoms with Gasteiger partial charge in [0, 0.05) is 48.6 Å². The molecule has 0 spiro atoms. The molecular weight excluding hydrogens is 590 g/mol. The molecule has 13 heteroatoms. The van der Waals surface area contributed by atoms with Gasteiger partial charge >= 0.3 is 0 Å². The first kappa shape index (κ1) is 31.5. The Morgan fingerprint density at radius 2 is 1.82 bits per heavy atom. The number of benzene rings is 2. The number of rotatable bonds is 7. The topological polar surface area (TPSA) is 204 Å². The van der Waals surface area contributed by atoms with Crippen LogP contribution in [0.2, 0.25) is 0 Å². The fraction of sp³-hybridized carbons (Fsp3) is 0.531. The summed E-state index contributed by atoms with van der Waals surface area (Å²) in [6, 6.07) is 3.86. The Bertz CT molecular complexity index is 1520. The van der Waals surface area contributed by atoms with Crippen LogP contribution >= 0.6 is 0 Å². The van der Waals surface area contributed by atoms with Crippen molar-refractivity contribution in [1.82, 2.24) is 0 Å². The highest BCUT2D eigenvalue weighted by Gasteiger charge is 2.50. The van der Waals surface area contributed by atoms with E-state index >= 15 is 0 Å². The van der Waals surface area contributed by atoms with Crippen molar-refractivity contribution >= 4 is 17.3 Å². The third-order valence-corrected chi connectivity index (χ3v) is 9.22. The third kappa shape index (κ3) is 5.31. The van der Waals surface area contributed by atoms with Gasteiger partial charge in [0.05, 0.1) is 36.0 Å². The maximum atomic E-state index is 13.8. The Kier molecular flexibility index (Phi) is 8.46. The fourth-order valence-electron chi connectivity index (χ4n) is 6.95. The number of hydrogen-bond acceptors (Lipinski definition) is 13. The predicted molar refractivity (Wildman–Crippen MR) is 154 cm³/mol. The van der Waals surface area contributed by atoms with Gasteiger partial charge in [-0.05, 0) is 32.3 Å². The van der Waals surface area contributed by atoms with Crippen LogP contribution in [0.3, 0.4) is 0 Å². The van der Waals surface area contributed by atoms with E-state index in [1.807, 2.05) is 0 Å². The number of nitrogens with two attached hydrogens (primary N) is 1. The molecule has 45 heavy (non-hydrogen) atoms. The minimum absolute atomic E-state index is 0.0409. The summed E-state index contributed by atoms with van der Waals surface area (Å²) in [5.74, 6) is -3.67. The smallest absolute Gasteiger partial charge is 0.202 e. The van der Waals surface area contributed by atoms with Crippen LogP contribution in [0.25, 0.3) is 0 Å². The minimum atomic E-state index is -2.24. The molecule has 0 amide bonds. The second-order valence-electron chi connectivity index (χ2n) is 12.1. The Balaban J connectivity index is 1.38. The number of aliphatic hydroxyl groups excluding tert-OH is 1. The van der Waals surface area contributed by atoms with Crippen LogP contribution in [0, 0.1) is 0 Å². The molecular formula is C32H37NO12. The van der Waals surface area contributed by atoms with Crippen LogP contribution in [-0.4, -0.2) is 94.5 Å². The van der Waals surface area contributed by atoms with Crippen LogP contribution in [0.15, 0.2) is 18.2 Å². The SMILES string of the molecule is COc1cccc2c1C(=O)c1c(O)c3c(c(O)c1C2=O)C[C@@](O)(C(=O)CO)CC3OC1CC(N)C(OC2CCCCO2)C(C)O1. The average Bonchev–Trinajstić information content (AvgIpc) is 3.02. The van der Waals surface area contributed by atoms with Crippen molar-refractivity contribution in [2.45, 2.75) is 88.0 Å². The van der Waals surface area contributed by atoms with Gasteiger partial charge in [0.1, 0.15) is 35.6 Å². The maximum absolute atomic E-state index is 13.8. The van der Waals surface area contributed by atoms with Crippen molar-refractivity contribution < 1.29 is 58.5 Å². The van der Waals surface area contributed by atoms with Crippen molar-refractivity contribution in [2.24, 2.45) is 5.73 Å². The van der Waals surface area contributed by atoms with Gasteiger partial charge in [0.15, 0.2) is 24.1 Å². The van der Waals surface area contributed by atoms with Gasteiger partial charge in [-0.15, -0.1) is 0 Å². The van der Waals surface area contributed by atoms with E-state index in [1.54, 1.807) is 6.92 Å². The first-order valence-electron chi connectivity index (χ1n) is 15.1. The second kappa shape index (κ2) is 12.1. The van der Waals surface area contributed by atoms with Gasteiger partial charge in [-0.25, -0.2) is 0 Å². The molecule has 6 unspecified atom stereocenters. The van der Waals surface area contributed by atoms with Gasteiger partial charge in [0.25, 0.3) is 0 Å². The molecule has 2 heterocycles. The molecule has 7 atom stereocenters. The van der Waals surface area contributed by atoms with Crippen LogP contribution < -0.4 is 10.5 Å². The Morgan fingerprint density at radius 1 is 1.07 bits per heavy atom. The van der Waals surface area contributed by atoms with E-state index in [0.717, 1.165) is 19.3 Å².